The lowest BCUT2D eigenvalue weighted by molar-refractivity contribution is -0.274. The van der Waals surface area contributed by atoms with E-state index in [-0.39, 0.29) is 11.3 Å². The molecule has 5 rings (SSSR count). The van der Waals surface area contributed by atoms with Crippen LogP contribution in [0.4, 0.5) is 22.0 Å². The van der Waals surface area contributed by atoms with Crippen molar-refractivity contribution in [2.75, 3.05) is 0 Å². The van der Waals surface area contributed by atoms with E-state index in [1.807, 2.05) is 32.0 Å². The number of ether oxygens (including phenoxy) is 1. The number of pyridine rings is 2. The molecule has 0 amide bonds. The molecule has 0 N–H and O–H groups in total. The van der Waals surface area contributed by atoms with Crippen LogP contribution < -0.4 is 4.74 Å². The van der Waals surface area contributed by atoms with Gasteiger partial charge in [0.2, 0.25) is 0 Å². The molecule has 0 aliphatic rings. The van der Waals surface area contributed by atoms with Gasteiger partial charge in [-0.25, -0.2) is 13.8 Å². The van der Waals surface area contributed by atoms with Gasteiger partial charge in [0, 0.05) is 29.2 Å². The van der Waals surface area contributed by atoms with E-state index in [1.165, 1.54) is 30.3 Å². The summed E-state index contributed by atoms with van der Waals surface area (Å²) in [5, 5.41) is 0. The van der Waals surface area contributed by atoms with Gasteiger partial charge in [-0.15, -0.1) is 13.2 Å². The third-order valence-corrected chi connectivity index (χ3v) is 5.84. The fraction of sp³-hybridized carbons (Fsp3) is 0.133. The summed E-state index contributed by atoms with van der Waals surface area (Å²) in [7, 11) is 0. The molecule has 0 radical (unpaired) electrons. The molecule has 9 heteroatoms. The highest BCUT2D eigenvalue weighted by Gasteiger charge is 2.30. The Hall–Kier alpha value is -4.53. The number of hydrogen-bond donors (Lipinski definition) is 0. The topological polar surface area (TPSA) is 39.4 Å². The highest BCUT2D eigenvalue weighted by Crippen LogP contribution is 2.31. The number of benzene rings is 2. The Balaban J connectivity index is 0.000000247. The Bertz CT molecular complexity index is 1660. The molecule has 5 aromatic rings. The Morgan fingerprint density at radius 3 is 2.31 bits per heavy atom. The van der Waals surface area contributed by atoms with Gasteiger partial charge < -0.3 is 4.74 Å². The van der Waals surface area contributed by atoms with E-state index in [9.17, 15) is 22.0 Å². The maximum absolute atomic E-state index is 14.3. The van der Waals surface area contributed by atoms with Gasteiger partial charge in [0.25, 0.3) is 0 Å². The fourth-order valence-electron chi connectivity index (χ4n) is 4.07. The van der Waals surface area contributed by atoms with Crippen LogP contribution in [-0.2, 0) is 0 Å². The predicted molar refractivity (Wildman–Crippen MR) is 141 cm³/mol. The molecule has 0 spiro atoms. The smallest absolute Gasteiger partial charge is 0.406 e. The van der Waals surface area contributed by atoms with Crippen LogP contribution in [0.2, 0.25) is 0 Å². The van der Waals surface area contributed by atoms with Gasteiger partial charge in [-0.05, 0) is 73.9 Å². The molecular formula is C30H24F5N3O. The second kappa shape index (κ2) is 11.1. The Kier molecular flexibility index (Phi) is 7.80. The lowest BCUT2D eigenvalue weighted by atomic mass is 10.0. The van der Waals surface area contributed by atoms with Crippen LogP contribution in [-0.4, -0.2) is 20.7 Å². The Morgan fingerprint density at radius 1 is 0.897 bits per heavy atom. The maximum atomic E-state index is 14.3. The lowest BCUT2D eigenvalue weighted by Crippen LogP contribution is -2.17. The molecule has 0 fully saturated rings. The van der Waals surface area contributed by atoms with E-state index in [0.717, 1.165) is 45.1 Å². The molecule has 3 aromatic heterocycles. The average molecular weight is 538 g/mol. The summed E-state index contributed by atoms with van der Waals surface area (Å²) >= 11 is 0. The van der Waals surface area contributed by atoms with E-state index in [1.54, 1.807) is 36.0 Å². The molecule has 0 aliphatic carbocycles. The van der Waals surface area contributed by atoms with Crippen molar-refractivity contribution in [3.05, 3.63) is 114 Å². The average Bonchev–Trinajstić information content (AvgIpc) is 3.29. The number of aromatic nitrogens is 3. The first-order chi connectivity index (χ1) is 18.4. The van der Waals surface area contributed by atoms with Crippen LogP contribution in [0.5, 0.6) is 5.75 Å². The van der Waals surface area contributed by atoms with E-state index in [0.29, 0.717) is 5.82 Å². The quantitative estimate of drug-likeness (QED) is 0.216. The van der Waals surface area contributed by atoms with Crippen LogP contribution in [0.3, 0.4) is 0 Å². The van der Waals surface area contributed by atoms with Crippen molar-refractivity contribution in [1.29, 1.82) is 0 Å². The zero-order valence-electron chi connectivity index (χ0n) is 21.4. The molecule has 0 saturated heterocycles. The number of imidazole rings is 1. The number of nitrogens with zero attached hydrogens (tertiary/aromatic N) is 3. The van der Waals surface area contributed by atoms with Gasteiger partial charge in [-0.1, -0.05) is 30.8 Å². The normalized spacial score (nSPS) is 11.2. The molecule has 3 heterocycles. The van der Waals surface area contributed by atoms with Gasteiger partial charge in [0.05, 0.1) is 17.3 Å². The first-order valence-electron chi connectivity index (χ1n) is 11.8. The number of halogens is 5. The Labute approximate surface area is 222 Å². The van der Waals surface area contributed by atoms with Gasteiger partial charge >= 0.3 is 6.36 Å². The van der Waals surface area contributed by atoms with Crippen molar-refractivity contribution in [3.8, 4) is 28.3 Å². The molecule has 0 bridgehead atoms. The summed E-state index contributed by atoms with van der Waals surface area (Å²) in [5.74, 6) is -1.63. The lowest BCUT2D eigenvalue weighted by Gasteiger charge is -2.10. The summed E-state index contributed by atoms with van der Waals surface area (Å²) < 4.78 is 68.3. The molecule has 0 unspecified atom stereocenters. The maximum Gasteiger partial charge on any atom is 0.573 e. The van der Waals surface area contributed by atoms with Crippen LogP contribution in [0, 0.1) is 25.5 Å². The minimum Gasteiger partial charge on any atom is -0.406 e. The molecule has 39 heavy (non-hydrogen) atoms. The first kappa shape index (κ1) is 27.5. The summed E-state index contributed by atoms with van der Waals surface area (Å²) in [6.45, 7) is 9.59. The highest BCUT2D eigenvalue weighted by molar-refractivity contribution is 5.83. The third-order valence-electron chi connectivity index (χ3n) is 5.84. The number of fused-ring (bicyclic) bond motifs is 1. The molecule has 0 atom stereocenters. The van der Waals surface area contributed by atoms with Crippen LogP contribution >= 0.6 is 0 Å². The van der Waals surface area contributed by atoms with Crippen molar-refractivity contribution < 1.29 is 26.7 Å². The zero-order chi connectivity index (χ0) is 28.3. The highest BCUT2D eigenvalue weighted by atomic mass is 19.4. The van der Waals surface area contributed by atoms with Crippen molar-refractivity contribution >= 4 is 11.1 Å². The van der Waals surface area contributed by atoms with Crippen molar-refractivity contribution in [1.82, 2.24) is 14.4 Å². The van der Waals surface area contributed by atoms with Gasteiger partial charge in [0.15, 0.2) is 11.6 Å². The largest absolute Gasteiger partial charge is 0.573 e. The summed E-state index contributed by atoms with van der Waals surface area (Å²) in [6, 6.07) is 15.7. The molecule has 0 saturated carbocycles. The van der Waals surface area contributed by atoms with Crippen molar-refractivity contribution in [2.24, 2.45) is 0 Å². The second-order valence-corrected chi connectivity index (χ2v) is 8.86. The molecule has 2 aromatic carbocycles. The van der Waals surface area contributed by atoms with Crippen molar-refractivity contribution in [3.63, 3.8) is 0 Å². The molecule has 0 aliphatic heterocycles. The van der Waals surface area contributed by atoms with Crippen LogP contribution in [0.15, 0.2) is 85.8 Å². The summed E-state index contributed by atoms with van der Waals surface area (Å²) in [6.07, 6.45) is 0.641. The van der Waals surface area contributed by atoms with Crippen LogP contribution in [0.1, 0.15) is 23.7 Å². The number of aryl methyl sites for hydroxylation is 2. The van der Waals surface area contributed by atoms with E-state index in [2.05, 4.69) is 21.3 Å². The van der Waals surface area contributed by atoms with Crippen LogP contribution in [0.25, 0.3) is 33.6 Å². The SMILES string of the molecule is C=C(C)c1cc(-c2cccn3c(-c4cccc(F)c4F)ncc23)cnc1C.Cc1cccc(OC(F)(F)F)c1. The van der Waals surface area contributed by atoms with E-state index < -0.39 is 18.0 Å². The number of hydrogen-bond acceptors (Lipinski definition) is 3. The van der Waals surface area contributed by atoms with Crippen molar-refractivity contribution in [2.45, 2.75) is 27.1 Å². The van der Waals surface area contributed by atoms with Gasteiger partial charge in [0.1, 0.15) is 11.6 Å². The fourth-order valence-corrected chi connectivity index (χ4v) is 4.07. The zero-order valence-corrected chi connectivity index (χ0v) is 21.4. The number of allylic oxidation sites excluding steroid dienone is 1. The standard InChI is InChI=1S/C22H17F2N3.C8H7F3O/c1-13(2)18-10-15(11-25-14(18)3)16-7-5-9-27-20(16)12-26-22(27)17-6-4-8-19(23)21(17)24;1-6-3-2-4-7(5-6)12-8(9,10)11/h4-12H,1H2,2-3H3;2-5H,1H3. The molecule has 200 valence electrons. The predicted octanol–water partition coefficient (Wildman–Crippen LogP) is 8.58. The van der Waals surface area contributed by atoms with E-state index >= 15 is 0 Å². The Morgan fingerprint density at radius 2 is 1.62 bits per heavy atom. The van der Waals surface area contributed by atoms with Gasteiger partial charge in [-0.2, -0.15) is 0 Å². The second-order valence-electron chi connectivity index (χ2n) is 8.86. The minimum atomic E-state index is -4.60. The third kappa shape index (κ3) is 6.31. The minimum absolute atomic E-state index is 0.122. The number of rotatable bonds is 4. The summed E-state index contributed by atoms with van der Waals surface area (Å²) in [4.78, 5) is 8.82. The number of alkyl halides is 3. The van der Waals surface area contributed by atoms with E-state index in [4.69, 9.17) is 0 Å². The van der Waals surface area contributed by atoms with Gasteiger partial charge in [-0.3, -0.25) is 9.38 Å². The summed E-state index contributed by atoms with van der Waals surface area (Å²) in [5.41, 5.74) is 6.30. The first-order valence-corrected chi connectivity index (χ1v) is 11.8. The monoisotopic (exact) mass is 537 g/mol. The molecular weight excluding hydrogens is 513 g/mol. The molecule has 4 nitrogen and oxygen atoms in total.